The number of nitrogens with one attached hydrogen (secondary N) is 2. The van der Waals surface area contributed by atoms with Crippen LogP contribution in [0, 0.1) is 5.41 Å². The van der Waals surface area contributed by atoms with Gasteiger partial charge < -0.3 is 20.5 Å². The molecule has 1 aromatic carbocycles. The number of aromatic nitrogens is 1. The van der Waals surface area contributed by atoms with Gasteiger partial charge in [-0.15, -0.1) is 0 Å². The van der Waals surface area contributed by atoms with Crippen LogP contribution in [0.25, 0.3) is 22.0 Å². The highest BCUT2D eigenvalue weighted by atomic mass is 32.2. The summed E-state index contributed by atoms with van der Waals surface area (Å²) in [5.41, 5.74) is 9.92. The minimum Gasteiger partial charge on any atom is -0.467 e. The summed E-state index contributed by atoms with van der Waals surface area (Å²) >= 11 is 0. The van der Waals surface area contributed by atoms with Gasteiger partial charge in [-0.2, -0.15) is 0 Å². The zero-order chi connectivity index (χ0) is 25.4. The van der Waals surface area contributed by atoms with Gasteiger partial charge in [-0.3, -0.25) is 4.79 Å². The van der Waals surface area contributed by atoms with E-state index in [4.69, 9.17) is 10.2 Å². The number of amides is 1. The number of hydrogen-bond acceptors (Lipinski definition) is 5. The van der Waals surface area contributed by atoms with Gasteiger partial charge in [-0.1, -0.05) is 20.8 Å². The van der Waals surface area contributed by atoms with Gasteiger partial charge in [0.15, 0.2) is 0 Å². The molecule has 0 spiro atoms. The zero-order valence-electron chi connectivity index (χ0n) is 21.0. The molecule has 0 bridgehead atoms. The Bertz CT molecular complexity index is 1310. The van der Waals surface area contributed by atoms with Crippen LogP contribution in [0.1, 0.15) is 68.1 Å². The van der Waals surface area contributed by atoms with Gasteiger partial charge in [-0.25, -0.2) is 12.7 Å². The topological polar surface area (TPSA) is 121 Å². The maximum atomic E-state index is 12.3. The first kappa shape index (κ1) is 25.5. The molecule has 0 aliphatic carbocycles. The number of hydrogen-bond donors (Lipinski definition) is 3. The minimum absolute atomic E-state index is 0.120. The van der Waals surface area contributed by atoms with Crippen molar-refractivity contribution in [1.29, 1.82) is 0 Å². The number of carbonyl (C=O) groups is 1. The van der Waals surface area contributed by atoms with E-state index in [1.165, 1.54) is 0 Å². The molecule has 1 saturated heterocycles. The van der Waals surface area contributed by atoms with Crippen molar-refractivity contribution >= 4 is 26.8 Å². The molecule has 1 aliphatic heterocycles. The van der Waals surface area contributed by atoms with Crippen LogP contribution < -0.4 is 11.1 Å². The Balaban J connectivity index is 1.62. The molecule has 4 rings (SSSR count). The quantitative estimate of drug-likeness (QED) is 0.428. The normalized spacial score (nSPS) is 16.2. The zero-order valence-corrected chi connectivity index (χ0v) is 21.8. The summed E-state index contributed by atoms with van der Waals surface area (Å²) in [4.78, 5) is 15.6. The molecular weight excluding hydrogens is 464 g/mol. The van der Waals surface area contributed by atoms with Crippen molar-refractivity contribution in [3.63, 3.8) is 0 Å². The Morgan fingerprint density at radius 3 is 2.54 bits per heavy atom. The summed E-state index contributed by atoms with van der Waals surface area (Å²) in [6.07, 6.45) is 5.11. The molecule has 0 radical (unpaired) electrons. The van der Waals surface area contributed by atoms with Crippen LogP contribution in [0.3, 0.4) is 0 Å². The van der Waals surface area contributed by atoms with Crippen molar-refractivity contribution in [3.05, 3.63) is 47.5 Å². The van der Waals surface area contributed by atoms with E-state index in [2.05, 4.69) is 37.1 Å². The minimum atomic E-state index is -3.18. The van der Waals surface area contributed by atoms with Crippen LogP contribution in [0.2, 0.25) is 0 Å². The highest BCUT2D eigenvalue weighted by Gasteiger charge is 2.29. The van der Waals surface area contributed by atoms with Gasteiger partial charge in [0, 0.05) is 36.8 Å². The second kappa shape index (κ2) is 9.79. The Hall–Kier alpha value is -2.62. The van der Waals surface area contributed by atoms with E-state index >= 15 is 0 Å². The molecule has 0 unspecified atom stereocenters. The van der Waals surface area contributed by atoms with Crippen molar-refractivity contribution in [2.75, 3.05) is 25.4 Å². The molecule has 3 heterocycles. The summed E-state index contributed by atoms with van der Waals surface area (Å²) in [5.74, 6) is 0.645. The monoisotopic (exact) mass is 500 g/mol. The Morgan fingerprint density at radius 1 is 1.20 bits per heavy atom. The smallest absolute Gasteiger partial charge is 0.250 e. The van der Waals surface area contributed by atoms with Gasteiger partial charge in [-0.05, 0) is 60.4 Å². The second-order valence-electron chi connectivity index (χ2n) is 10.6. The molecule has 1 aliphatic rings. The number of benzene rings is 1. The number of carbonyl (C=O) groups excluding carboxylic acids is 1. The number of furan rings is 1. The summed E-state index contributed by atoms with van der Waals surface area (Å²) < 4.78 is 31.9. The average Bonchev–Trinajstić information content (AvgIpc) is 3.45. The van der Waals surface area contributed by atoms with Crippen LogP contribution in [0.4, 0.5) is 0 Å². The van der Waals surface area contributed by atoms with E-state index in [0.717, 1.165) is 52.7 Å². The third-order valence-corrected chi connectivity index (χ3v) is 8.56. The molecule has 0 atom stereocenters. The van der Waals surface area contributed by atoms with Crippen LogP contribution in [-0.2, 0) is 16.6 Å². The second-order valence-corrected chi connectivity index (χ2v) is 12.9. The fourth-order valence-electron chi connectivity index (χ4n) is 4.76. The van der Waals surface area contributed by atoms with E-state index in [9.17, 15) is 13.2 Å². The molecule has 4 N–H and O–H groups in total. The van der Waals surface area contributed by atoms with Crippen LogP contribution in [0.15, 0.2) is 35.1 Å². The number of primary amides is 1. The van der Waals surface area contributed by atoms with Gasteiger partial charge in [0.25, 0.3) is 5.91 Å². The van der Waals surface area contributed by atoms with Crippen molar-refractivity contribution in [3.8, 4) is 11.1 Å². The number of piperidine rings is 1. The fourth-order valence-corrected chi connectivity index (χ4v) is 5.90. The summed E-state index contributed by atoms with van der Waals surface area (Å²) in [7, 11) is -3.18. The van der Waals surface area contributed by atoms with Crippen LogP contribution >= 0.6 is 0 Å². The Morgan fingerprint density at radius 2 is 1.91 bits per heavy atom. The Labute approximate surface area is 207 Å². The average molecular weight is 501 g/mol. The predicted octanol–water partition coefficient (Wildman–Crippen LogP) is 4.19. The maximum Gasteiger partial charge on any atom is 0.250 e. The molecule has 1 amide bonds. The molecule has 2 aromatic heterocycles. The summed E-state index contributed by atoms with van der Waals surface area (Å²) in [6, 6.07) is 5.86. The standard InChI is InChI=1S/C26H36N4O4S/c1-5-35(32,33)30-8-6-17(7-9-30)23-14-29-24-21(23)11-18(12-22(24)25(27)31)19-10-20(34-15-19)13-28-16-26(2,3)4/h10-12,14-15,17,28-29H,5-9,13,16H2,1-4H3,(H2,27,31). The molecule has 35 heavy (non-hydrogen) atoms. The predicted molar refractivity (Wildman–Crippen MR) is 139 cm³/mol. The highest BCUT2D eigenvalue weighted by Crippen LogP contribution is 2.37. The van der Waals surface area contributed by atoms with Gasteiger partial charge >= 0.3 is 0 Å². The van der Waals surface area contributed by atoms with Crippen LogP contribution in [0.5, 0.6) is 0 Å². The molecule has 3 aromatic rings. The number of nitrogens with two attached hydrogens (primary N) is 1. The van der Waals surface area contributed by atoms with Crippen molar-refractivity contribution in [2.45, 2.75) is 53.0 Å². The SMILES string of the molecule is CCS(=O)(=O)N1CCC(c2c[nH]c3c(C(N)=O)cc(-c4coc(CNCC(C)(C)C)c4)cc23)CC1. The van der Waals surface area contributed by atoms with Gasteiger partial charge in [0.05, 0.1) is 29.6 Å². The maximum absolute atomic E-state index is 12.3. The van der Waals surface area contributed by atoms with Crippen molar-refractivity contribution in [2.24, 2.45) is 11.1 Å². The molecule has 1 fully saturated rings. The largest absolute Gasteiger partial charge is 0.467 e. The third-order valence-electron chi connectivity index (χ3n) is 6.68. The lowest BCUT2D eigenvalue weighted by molar-refractivity contribution is 0.100. The first-order chi connectivity index (χ1) is 16.5. The van der Waals surface area contributed by atoms with E-state index in [0.29, 0.717) is 25.2 Å². The summed E-state index contributed by atoms with van der Waals surface area (Å²) in [6.45, 7) is 10.7. The number of sulfonamides is 1. The first-order valence-electron chi connectivity index (χ1n) is 12.2. The van der Waals surface area contributed by atoms with Crippen LogP contribution in [-0.4, -0.2) is 49.0 Å². The number of nitrogens with zero attached hydrogens (tertiary/aromatic N) is 1. The number of fused-ring (bicyclic) bond motifs is 1. The third kappa shape index (κ3) is 5.63. The lowest BCUT2D eigenvalue weighted by Crippen LogP contribution is -2.38. The van der Waals surface area contributed by atoms with E-state index < -0.39 is 15.9 Å². The van der Waals surface area contributed by atoms with E-state index in [-0.39, 0.29) is 17.1 Å². The number of H-pyrrole nitrogens is 1. The van der Waals surface area contributed by atoms with E-state index in [1.807, 2.05) is 12.3 Å². The van der Waals surface area contributed by atoms with Gasteiger partial charge in [0.2, 0.25) is 10.0 Å². The lowest BCUT2D eigenvalue weighted by atomic mass is 9.88. The molecular formula is C26H36N4O4S. The fraction of sp³-hybridized carbons (Fsp3) is 0.500. The molecule has 8 nitrogen and oxygen atoms in total. The van der Waals surface area contributed by atoms with E-state index in [1.54, 1.807) is 23.6 Å². The van der Waals surface area contributed by atoms with Crippen molar-refractivity contribution < 1.29 is 17.6 Å². The lowest BCUT2D eigenvalue weighted by Gasteiger charge is -2.31. The number of rotatable bonds is 8. The number of aromatic amines is 1. The van der Waals surface area contributed by atoms with Crippen molar-refractivity contribution in [1.82, 2.24) is 14.6 Å². The van der Waals surface area contributed by atoms with Gasteiger partial charge in [0.1, 0.15) is 5.76 Å². The molecule has 0 saturated carbocycles. The summed E-state index contributed by atoms with van der Waals surface area (Å²) in [5, 5.41) is 4.36. The first-order valence-corrected chi connectivity index (χ1v) is 13.8. The molecule has 9 heteroatoms. The Kier molecular flexibility index (Phi) is 7.13. The molecule has 190 valence electrons. The highest BCUT2D eigenvalue weighted by molar-refractivity contribution is 7.89.